The molecule has 1 fully saturated rings. The van der Waals surface area contributed by atoms with Gasteiger partial charge < -0.3 is 10.2 Å². The highest BCUT2D eigenvalue weighted by Crippen LogP contribution is 2.60. The summed E-state index contributed by atoms with van der Waals surface area (Å²) in [5, 5.41) is 20.0. The molecule has 0 unspecified atom stereocenters. The van der Waals surface area contributed by atoms with Gasteiger partial charge in [0.15, 0.2) is 5.78 Å². The summed E-state index contributed by atoms with van der Waals surface area (Å²) >= 11 is 0. The minimum absolute atomic E-state index is 0.00744. The molecule has 0 heterocycles. The van der Waals surface area contributed by atoms with Crippen molar-refractivity contribution in [2.75, 3.05) is 6.61 Å². The van der Waals surface area contributed by atoms with E-state index >= 15 is 0 Å². The summed E-state index contributed by atoms with van der Waals surface area (Å²) in [6.45, 7) is 8.44. The predicted molar refractivity (Wildman–Crippen MR) is 90.7 cm³/mol. The highest BCUT2D eigenvalue weighted by Gasteiger charge is 2.54. The van der Waals surface area contributed by atoms with Gasteiger partial charge in [-0.2, -0.15) is 0 Å². The Morgan fingerprint density at radius 2 is 2.00 bits per heavy atom. The molecule has 0 radical (unpaired) electrons. The van der Waals surface area contributed by atoms with Gasteiger partial charge in [-0.3, -0.25) is 4.79 Å². The molecule has 3 aliphatic rings. The van der Waals surface area contributed by atoms with E-state index in [2.05, 4.69) is 32.9 Å². The van der Waals surface area contributed by atoms with Gasteiger partial charge in [-0.1, -0.05) is 45.4 Å². The molecule has 0 aliphatic heterocycles. The second kappa shape index (κ2) is 5.42. The molecule has 126 valence electrons. The van der Waals surface area contributed by atoms with E-state index in [1.165, 1.54) is 17.2 Å². The second-order valence-corrected chi connectivity index (χ2v) is 8.24. The van der Waals surface area contributed by atoms with Crippen LogP contribution in [0.15, 0.2) is 34.9 Å². The van der Waals surface area contributed by atoms with Crippen molar-refractivity contribution < 1.29 is 15.0 Å². The fourth-order valence-electron chi connectivity index (χ4n) is 4.74. The Morgan fingerprint density at radius 3 is 2.61 bits per heavy atom. The van der Waals surface area contributed by atoms with E-state index in [1.54, 1.807) is 0 Å². The van der Waals surface area contributed by atoms with Crippen LogP contribution in [-0.4, -0.2) is 28.7 Å². The molecule has 0 aromatic carbocycles. The van der Waals surface area contributed by atoms with Gasteiger partial charge in [0, 0.05) is 10.8 Å². The van der Waals surface area contributed by atoms with Crippen LogP contribution in [0.3, 0.4) is 0 Å². The van der Waals surface area contributed by atoms with Crippen LogP contribution in [0, 0.1) is 22.7 Å². The summed E-state index contributed by atoms with van der Waals surface area (Å²) in [4.78, 5) is 12.9. The summed E-state index contributed by atoms with van der Waals surface area (Å²) in [6.07, 6.45) is 7.61. The smallest absolute Gasteiger partial charge is 0.162 e. The summed E-state index contributed by atoms with van der Waals surface area (Å²) in [7, 11) is 0. The quantitative estimate of drug-likeness (QED) is 0.822. The molecule has 4 atom stereocenters. The Labute approximate surface area is 138 Å². The van der Waals surface area contributed by atoms with Crippen molar-refractivity contribution >= 4 is 5.78 Å². The number of fused-ring (bicyclic) bond motifs is 3. The molecule has 0 spiro atoms. The van der Waals surface area contributed by atoms with E-state index in [4.69, 9.17) is 0 Å². The lowest BCUT2D eigenvalue weighted by molar-refractivity contribution is -0.127. The third kappa shape index (κ3) is 2.36. The van der Waals surface area contributed by atoms with Crippen molar-refractivity contribution in [2.24, 2.45) is 22.7 Å². The number of aliphatic hydroxyl groups is 2. The number of hydrogen-bond donors (Lipinski definition) is 2. The monoisotopic (exact) mass is 316 g/mol. The Kier molecular flexibility index (Phi) is 3.93. The second-order valence-electron chi connectivity index (χ2n) is 8.24. The molecule has 3 rings (SSSR count). The molecule has 3 nitrogen and oxygen atoms in total. The van der Waals surface area contributed by atoms with Gasteiger partial charge in [-0.15, -0.1) is 0 Å². The van der Waals surface area contributed by atoms with Gasteiger partial charge in [-0.05, 0) is 48.3 Å². The molecule has 23 heavy (non-hydrogen) atoms. The minimum atomic E-state index is -0.736. The van der Waals surface area contributed by atoms with Gasteiger partial charge in [-0.25, -0.2) is 0 Å². The van der Waals surface area contributed by atoms with E-state index in [0.29, 0.717) is 17.9 Å². The Balaban J connectivity index is 2.14. The molecule has 0 aromatic heterocycles. The summed E-state index contributed by atoms with van der Waals surface area (Å²) < 4.78 is 0. The van der Waals surface area contributed by atoms with Crippen LogP contribution in [0.1, 0.15) is 47.0 Å². The van der Waals surface area contributed by atoms with Gasteiger partial charge in [0.25, 0.3) is 0 Å². The van der Waals surface area contributed by atoms with Crippen molar-refractivity contribution in [3.63, 3.8) is 0 Å². The number of carbonyl (C=O) groups is 1. The molecule has 0 aromatic rings. The van der Waals surface area contributed by atoms with E-state index in [9.17, 15) is 15.0 Å². The first-order chi connectivity index (χ1) is 10.7. The summed E-state index contributed by atoms with van der Waals surface area (Å²) in [6, 6.07) is 0. The lowest BCUT2D eigenvalue weighted by Crippen LogP contribution is -2.44. The van der Waals surface area contributed by atoms with Crippen LogP contribution >= 0.6 is 0 Å². The zero-order chi connectivity index (χ0) is 17.0. The van der Waals surface area contributed by atoms with E-state index in [1.807, 2.05) is 6.92 Å². The van der Waals surface area contributed by atoms with Gasteiger partial charge in [0.05, 0.1) is 12.7 Å². The van der Waals surface area contributed by atoms with E-state index in [0.717, 1.165) is 12.8 Å². The van der Waals surface area contributed by atoms with Crippen molar-refractivity contribution in [1.82, 2.24) is 0 Å². The predicted octanol–water partition coefficient (Wildman–Crippen LogP) is 3.18. The minimum Gasteiger partial charge on any atom is -0.392 e. The number of rotatable bonds is 2. The van der Waals surface area contributed by atoms with Gasteiger partial charge in [0.2, 0.25) is 0 Å². The molecule has 3 heteroatoms. The fourth-order valence-corrected chi connectivity index (χ4v) is 4.74. The van der Waals surface area contributed by atoms with Crippen LogP contribution in [-0.2, 0) is 4.79 Å². The molecule has 2 N–H and O–H groups in total. The number of aliphatic hydroxyl groups excluding tert-OH is 2. The Bertz CT molecular complexity index is 625. The molecule has 0 amide bonds. The van der Waals surface area contributed by atoms with Crippen LogP contribution < -0.4 is 0 Å². The van der Waals surface area contributed by atoms with Crippen molar-refractivity contribution in [3.8, 4) is 0 Å². The maximum Gasteiger partial charge on any atom is 0.162 e. The largest absolute Gasteiger partial charge is 0.392 e. The van der Waals surface area contributed by atoms with Crippen molar-refractivity contribution in [2.45, 2.75) is 53.1 Å². The number of hydrogen-bond acceptors (Lipinski definition) is 3. The molecule has 3 aliphatic carbocycles. The lowest BCUT2D eigenvalue weighted by Gasteiger charge is -2.48. The standard InChI is InChI=1S/C20H28O3/c1-12(2)14-5-6-19(3)7-8-20(4)15(18(14)19)10-16(22)13(11-21)9-17(20)23/h5-6,9,12,15-16,21-22H,7-8,10-11H2,1-4H3/t15-,16-,19-,20-/m1/s1. The number of ketones is 1. The van der Waals surface area contributed by atoms with E-state index in [-0.39, 0.29) is 23.7 Å². The number of allylic oxidation sites excluding steroid dienone is 5. The topological polar surface area (TPSA) is 57.5 Å². The van der Waals surface area contributed by atoms with Crippen LogP contribution in [0.25, 0.3) is 0 Å². The van der Waals surface area contributed by atoms with Crippen LogP contribution in [0.2, 0.25) is 0 Å². The highest BCUT2D eigenvalue weighted by molar-refractivity contribution is 5.96. The van der Waals surface area contributed by atoms with Crippen LogP contribution in [0.4, 0.5) is 0 Å². The maximum atomic E-state index is 12.9. The first-order valence-corrected chi connectivity index (χ1v) is 8.70. The third-order valence-corrected chi connectivity index (χ3v) is 6.41. The van der Waals surface area contributed by atoms with Gasteiger partial charge >= 0.3 is 0 Å². The third-order valence-electron chi connectivity index (χ3n) is 6.41. The lowest BCUT2D eigenvalue weighted by atomic mass is 9.54. The SMILES string of the molecule is CC(C)C1=C2[C@H]3C[C@@H](O)C(CO)=CC(=O)[C@]3(C)CC[C@@]2(C)C=C1. The molecule has 1 saturated carbocycles. The summed E-state index contributed by atoms with van der Waals surface area (Å²) in [5.41, 5.74) is 2.67. The fraction of sp³-hybridized carbons (Fsp3) is 0.650. The normalized spacial score (nSPS) is 40.1. The Morgan fingerprint density at radius 1 is 1.30 bits per heavy atom. The summed E-state index contributed by atoms with van der Waals surface area (Å²) in [5.74, 6) is 0.510. The average Bonchev–Trinajstić information content (AvgIpc) is 2.81. The zero-order valence-electron chi connectivity index (χ0n) is 14.6. The Hall–Kier alpha value is -1.19. The maximum absolute atomic E-state index is 12.9. The van der Waals surface area contributed by atoms with Crippen molar-refractivity contribution in [3.05, 3.63) is 34.9 Å². The van der Waals surface area contributed by atoms with Crippen molar-refractivity contribution in [1.29, 1.82) is 0 Å². The van der Waals surface area contributed by atoms with E-state index < -0.39 is 11.5 Å². The molecule has 0 saturated heterocycles. The molecular weight excluding hydrogens is 288 g/mol. The number of carbonyl (C=O) groups excluding carboxylic acids is 1. The molecular formula is C20H28O3. The first-order valence-electron chi connectivity index (χ1n) is 8.70. The van der Waals surface area contributed by atoms with Gasteiger partial charge in [0.1, 0.15) is 0 Å². The first kappa shape index (κ1) is 16.7. The van der Waals surface area contributed by atoms with Crippen LogP contribution in [0.5, 0.6) is 0 Å². The average molecular weight is 316 g/mol. The molecule has 0 bridgehead atoms. The highest BCUT2D eigenvalue weighted by atomic mass is 16.3. The zero-order valence-corrected chi connectivity index (χ0v) is 14.6.